The molecule has 0 saturated carbocycles. The van der Waals surface area contributed by atoms with E-state index in [2.05, 4.69) is 42.9 Å². The maximum Gasteiger partial charge on any atom is 0.226 e. The van der Waals surface area contributed by atoms with E-state index < -0.39 is 0 Å². The quantitative estimate of drug-likeness (QED) is 0.278. The highest BCUT2D eigenvalue weighted by Gasteiger charge is 2.11. The Hall–Kier alpha value is -2.73. The average Bonchev–Trinajstić information content (AvgIpc) is 3.41. The van der Waals surface area contributed by atoms with Crippen LogP contribution in [0.15, 0.2) is 12.3 Å². The van der Waals surface area contributed by atoms with Crippen molar-refractivity contribution < 1.29 is 14.4 Å². The first kappa shape index (κ1) is 27.5. The lowest BCUT2D eigenvalue weighted by Gasteiger charge is -2.03. The number of hydrogen-bond donors (Lipinski definition) is 3. The number of allylic oxidation sites excluding steroid dienone is 1. The lowest BCUT2D eigenvalue weighted by Crippen LogP contribution is -2.22. The molecule has 186 valence electrons. The van der Waals surface area contributed by atoms with E-state index in [9.17, 15) is 14.4 Å². The molecule has 0 atom stereocenters. The number of unbranched alkanes of at least 4 members (excludes halogenated alkanes) is 1. The number of anilines is 1. The highest BCUT2D eigenvalue weighted by atomic mass is 32.1. The number of Topliss-reactive ketones (excluding diaryl/α,β-unsaturated/α-hetero) is 1. The van der Waals surface area contributed by atoms with Gasteiger partial charge >= 0.3 is 0 Å². The molecule has 2 aromatic rings. The van der Waals surface area contributed by atoms with Crippen LogP contribution in [0, 0.1) is 0 Å². The molecule has 10 nitrogen and oxygen atoms in total. The van der Waals surface area contributed by atoms with Crippen LogP contribution in [0.25, 0.3) is 0 Å². The first-order chi connectivity index (χ1) is 16.3. The van der Waals surface area contributed by atoms with E-state index in [-0.39, 0.29) is 17.6 Å². The second-order valence-corrected chi connectivity index (χ2v) is 10.2. The van der Waals surface area contributed by atoms with E-state index in [0.29, 0.717) is 37.4 Å². The Morgan fingerprint density at radius 1 is 0.794 bits per heavy atom. The summed E-state index contributed by atoms with van der Waals surface area (Å²) < 4.78 is 0. The van der Waals surface area contributed by atoms with E-state index in [1.54, 1.807) is 0 Å². The van der Waals surface area contributed by atoms with Crippen molar-refractivity contribution in [1.82, 2.24) is 31.0 Å². The third-order valence-corrected chi connectivity index (χ3v) is 6.50. The zero-order valence-electron chi connectivity index (χ0n) is 19.8. The van der Waals surface area contributed by atoms with Crippen molar-refractivity contribution in [3.63, 3.8) is 0 Å². The molecular formula is C22H33N7O3S2. The van der Waals surface area contributed by atoms with Crippen LogP contribution in [0.1, 0.15) is 67.4 Å². The van der Waals surface area contributed by atoms with Gasteiger partial charge in [0.2, 0.25) is 16.9 Å². The Kier molecular flexibility index (Phi) is 12.3. The fraction of sp³-hybridized carbons (Fsp3) is 0.591. The molecule has 0 saturated heterocycles. The van der Waals surface area contributed by atoms with Gasteiger partial charge in [-0.15, -0.1) is 31.7 Å². The third kappa shape index (κ3) is 11.9. The van der Waals surface area contributed by atoms with Crippen LogP contribution in [0.4, 0.5) is 5.13 Å². The number of carbonyl (C=O) groups excluding carboxylic acids is 3. The summed E-state index contributed by atoms with van der Waals surface area (Å²) in [6.45, 7) is 8.35. The molecule has 0 aliphatic carbocycles. The van der Waals surface area contributed by atoms with Gasteiger partial charge in [-0.3, -0.25) is 14.4 Å². The molecule has 0 radical (unpaired) electrons. The number of aryl methyl sites for hydroxylation is 2. The zero-order chi connectivity index (χ0) is 24.8. The number of nitrogens with zero attached hydrogens (tertiary/aromatic N) is 4. The minimum Gasteiger partial charge on any atom is -0.389 e. The largest absolute Gasteiger partial charge is 0.389 e. The molecule has 3 N–H and O–H groups in total. The standard InChI is InChI=1S/C22H33N7O3S2/c1-15(2)23-12-6-8-17(31)14-21-28-26-19(33-21)10-4-5-11-20-27-29-22(34-20)25-18(32)9-7-13-24-16(3)30/h23H,1,4-14H2,2-3H3,(H,24,30)(H,25,29,32). The number of carbonyl (C=O) groups is 3. The Balaban J connectivity index is 1.60. The Bertz CT molecular complexity index is 882. The normalized spacial score (nSPS) is 10.6. The zero-order valence-corrected chi connectivity index (χ0v) is 21.4. The molecule has 0 fully saturated rings. The molecule has 2 rings (SSSR count). The van der Waals surface area contributed by atoms with Crippen LogP contribution in [-0.2, 0) is 33.6 Å². The summed E-state index contributed by atoms with van der Waals surface area (Å²) >= 11 is 2.88. The monoisotopic (exact) mass is 507 g/mol. The van der Waals surface area contributed by atoms with Gasteiger partial charge < -0.3 is 16.0 Å². The fourth-order valence-electron chi connectivity index (χ4n) is 2.96. The van der Waals surface area contributed by atoms with Gasteiger partial charge in [0.1, 0.15) is 20.8 Å². The summed E-state index contributed by atoms with van der Waals surface area (Å²) in [5.41, 5.74) is 0.908. The third-order valence-electron chi connectivity index (χ3n) is 4.62. The molecule has 0 aromatic carbocycles. The SMILES string of the molecule is C=C(C)NCCCC(=O)Cc1nnc(CCCCc2nnc(NC(=O)CCCNC(C)=O)s2)s1. The lowest BCUT2D eigenvalue weighted by molar-refractivity contribution is -0.120. The summed E-state index contributed by atoms with van der Waals surface area (Å²) in [6.07, 6.45) is 5.98. The minimum absolute atomic E-state index is 0.102. The first-order valence-corrected chi connectivity index (χ1v) is 13.0. The van der Waals surface area contributed by atoms with Crippen LogP contribution < -0.4 is 16.0 Å². The number of nitrogens with one attached hydrogen (secondary N) is 3. The molecule has 0 bridgehead atoms. The predicted octanol–water partition coefficient (Wildman–Crippen LogP) is 2.82. The second-order valence-electron chi connectivity index (χ2n) is 7.96. The van der Waals surface area contributed by atoms with Gasteiger partial charge in [-0.05, 0) is 32.6 Å². The maximum absolute atomic E-state index is 12.1. The van der Waals surface area contributed by atoms with E-state index >= 15 is 0 Å². The van der Waals surface area contributed by atoms with Gasteiger partial charge in [0.05, 0.1) is 6.42 Å². The average molecular weight is 508 g/mol. The minimum atomic E-state index is -0.137. The lowest BCUT2D eigenvalue weighted by atomic mass is 10.2. The van der Waals surface area contributed by atoms with Crippen molar-refractivity contribution in [2.45, 2.75) is 71.6 Å². The van der Waals surface area contributed by atoms with Crippen molar-refractivity contribution in [1.29, 1.82) is 0 Å². The molecule has 0 aliphatic heterocycles. The number of aromatic nitrogens is 4. The summed E-state index contributed by atoms with van der Waals surface area (Å²) in [6, 6.07) is 0. The van der Waals surface area contributed by atoms with Gasteiger partial charge in [-0.25, -0.2) is 0 Å². The highest BCUT2D eigenvalue weighted by Crippen LogP contribution is 2.19. The van der Waals surface area contributed by atoms with Crippen LogP contribution in [0.5, 0.6) is 0 Å². The molecule has 2 heterocycles. The van der Waals surface area contributed by atoms with Crippen molar-refractivity contribution in [2.24, 2.45) is 0 Å². The molecule has 2 aromatic heterocycles. The summed E-state index contributed by atoms with van der Waals surface area (Å²) in [5, 5.41) is 28.1. The molecule has 0 unspecified atom stereocenters. The second kappa shape index (κ2) is 15.2. The summed E-state index contributed by atoms with van der Waals surface area (Å²) in [4.78, 5) is 34.8. The van der Waals surface area contributed by atoms with Crippen molar-refractivity contribution in [2.75, 3.05) is 18.4 Å². The van der Waals surface area contributed by atoms with E-state index in [4.69, 9.17) is 0 Å². The number of rotatable bonds is 17. The highest BCUT2D eigenvalue weighted by molar-refractivity contribution is 7.15. The smallest absolute Gasteiger partial charge is 0.226 e. The molecule has 2 amide bonds. The molecular weight excluding hydrogens is 474 g/mol. The topological polar surface area (TPSA) is 139 Å². The fourth-order valence-corrected chi connectivity index (χ4v) is 4.67. The molecule has 12 heteroatoms. The Morgan fingerprint density at radius 2 is 1.41 bits per heavy atom. The van der Waals surface area contributed by atoms with Crippen LogP contribution in [0.2, 0.25) is 0 Å². The van der Waals surface area contributed by atoms with Gasteiger partial charge in [0, 0.05) is 51.4 Å². The number of amides is 2. The number of ketones is 1. The number of hydrogen-bond acceptors (Lipinski definition) is 10. The van der Waals surface area contributed by atoms with Crippen molar-refractivity contribution >= 4 is 45.4 Å². The predicted molar refractivity (Wildman–Crippen MR) is 134 cm³/mol. The Labute approximate surface area is 208 Å². The molecule has 0 spiro atoms. The van der Waals surface area contributed by atoms with E-state index in [1.807, 2.05) is 6.92 Å². The Morgan fingerprint density at radius 3 is 2.12 bits per heavy atom. The summed E-state index contributed by atoms with van der Waals surface area (Å²) in [7, 11) is 0. The van der Waals surface area contributed by atoms with Crippen molar-refractivity contribution in [3.8, 4) is 0 Å². The van der Waals surface area contributed by atoms with Gasteiger partial charge in [-0.1, -0.05) is 17.9 Å². The van der Waals surface area contributed by atoms with Gasteiger partial charge in [-0.2, -0.15) is 0 Å². The molecule has 34 heavy (non-hydrogen) atoms. The van der Waals surface area contributed by atoms with Crippen molar-refractivity contribution in [3.05, 3.63) is 27.3 Å². The molecule has 0 aliphatic rings. The first-order valence-electron chi connectivity index (χ1n) is 11.4. The van der Waals surface area contributed by atoms with Gasteiger partial charge in [0.25, 0.3) is 0 Å². The summed E-state index contributed by atoms with van der Waals surface area (Å²) in [5.74, 6) is -0.0606. The van der Waals surface area contributed by atoms with E-state index in [0.717, 1.165) is 59.4 Å². The maximum atomic E-state index is 12.1. The van der Waals surface area contributed by atoms with Crippen LogP contribution in [0.3, 0.4) is 0 Å². The van der Waals surface area contributed by atoms with E-state index in [1.165, 1.54) is 29.6 Å². The van der Waals surface area contributed by atoms with Crippen LogP contribution in [-0.4, -0.2) is 51.1 Å². The van der Waals surface area contributed by atoms with Gasteiger partial charge in [0.15, 0.2) is 0 Å². The van der Waals surface area contributed by atoms with Crippen LogP contribution >= 0.6 is 22.7 Å².